The fraction of sp³-hybridized carbons (Fsp3) is 0.231. The molecule has 0 bridgehead atoms. The number of rotatable bonds is 3. The van der Waals surface area contributed by atoms with Crippen LogP contribution in [0.5, 0.6) is 0 Å². The number of halogens is 6. The van der Waals surface area contributed by atoms with E-state index in [1.165, 1.54) is 24.3 Å². The van der Waals surface area contributed by atoms with Crippen LogP contribution in [-0.4, -0.2) is 28.4 Å². The number of anilines is 1. The fourth-order valence-electron chi connectivity index (χ4n) is 1.70. The van der Waals surface area contributed by atoms with Gasteiger partial charge in [-0.3, -0.25) is 10.1 Å². The first-order chi connectivity index (χ1) is 11.0. The molecule has 0 radical (unpaired) electrons. The predicted molar refractivity (Wildman–Crippen MR) is 72.5 cm³/mol. The molecule has 0 saturated carbocycles. The molecule has 0 spiro atoms. The van der Waals surface area contributed by atoms with E-state index in [9.17, 15) is 36.2 Å². The lowest BCUT2D eigenvalue weighted by Gasteiger charge is -2.30. The van der Waals surface area contributed by atoms with E-state index in [2.05, 4.69) is 10.3 Å². The molecule has 24 heavy (non-hydrogen) atoms. The second-order valence-electron chi connectivity index (χ2n) is 4.56. The van der Waals surface area contributed by atoms with Crippen molar-refractivity contribution in [2.24, 2.45) is 0 Å². The highest BCUT2D eigenvalue weighted by Crippen LogP contribution is 2.51. The zero-order chi connectivity index (χ0) is 18.2. The van der Waals surface area contributed by atoms with Crippen molar-refractivity contribution in [1.82, 2.24) is 4.98 Å². The van der Waals surface area contributed by atoms with Crippen molar-refractivity contribution in [1.29, 1.82) is 0 Å². The van der Waals surface area contributed by atoms with Crippen LogP contribution in [0.15, 0.2) is 36.5 Å². The molecule has 2 rings (SSSR count). The predicted octanol–water partition coefficient (Wildman–Crippen LogP) is 3.71. The molecule has 11 heteroatoms. The number of amides is 1. The summed E-state index contributed by atoms with van der Waals surface area (Å²) in [6.07, 6.45) is -11.8. The zero-order valence-electron chi connectivity index (χ0n) is 11.4. The van der Waals surface area contributed by atoms with Crippen LogP contribution >= 0.6 is 11.3 Å². The van der Waals surface area contributed by atoms with Crippen molar-refractivity contribution in [2.75, 3.05) is 5.32 Å². The van der Waals surface area contributed by atoms with E-state index in [1.807, 2.05) is 0 Å². The molecular formula is C13H8F6N2O2S. The average molecular weight is 370 g/mol. The van der Waals surface area contributed by atoms with E-state index >= 15 is 0 Å². The van der Waals surface area contributed by atoms with Gasteiger partial charge in [-0.1, -0.05) is 29.5 Å². The third-order valence-corrected chi connectivity index (χ3v) is 3.96. The van der Waals surface area contributed by atoms with Crippen molar-refractivity contribution >= 4 is 22.4 Å². The van der Waals surface area contributed by atoms with Gasteiger partial charge >= 0.3 is 12.4 Å². The van der Waals surface area contributed by atoms with Gasteiger partial charge in [0.05, 0.1) is 4.88 Å². The van der Waals surface area contributed by atoms with Gasteiger partial charge in [0.15, 0.2) is 5.13 Å². The lowest BCUT2D eigenvalue weighted by molar-refractivity contribution is -0.375. The standard InChI is InChI=1S/C13H8F6N2O2S/c14-12(15,16)11(23,13(17,18)19)8-6-20-10(24-8)21-9(22)7-4-2-1-3-5-7/h1-6,23H,(H,20,21,22). The molecular weight excluding hydrogens is 362 g/mol. The first-order valence-electron chi connectivity index (χ1n) is 6.15. The average Bonchev–Trinajstić information content (AvgIpc) is 2.93. The molecule has 1 aromatic carbocycles. The van der Waals surface area contributed by atoms with Gasteiger partial charge in [0, 0.05) is 11.8 Å². The monoisotopic (exact) mass is 370 g/mol. The number of carbonyl (C=O) groups excluding carboxylic acids is 1. The van der Waals surface area contributed by atoms with Crippen LogP contribution in [0.3, 0.4) is 0 Å². The molecule has 1 aromatic heterocycles. The molecule has 130 valence electrons. The summed E-state index contributed by atoms with van der Waals surface area (Å²) in [5.41, 5.74) is -4.93. The summed E-state index contributed by atoms with van der Waals surface area (Å²) < 4.78 is 76.5. The third-order valence-electron chi connectivity index (χ3n) is 2.94. The van der Waals surface area contributed by atoms with Crippen LogP contribution in [0.25, 0.3) is 0 Å². The van der Waals surface area contributed by atoms with Gasteiger partial charge < -0.3 is 5.11 Å². The minimum absolute atomic E-state index is 0.116. The quantitative estimate of drug-likeness (QED) is 0.810. The van der Waals surface area contributed by atoms with E-state index in [1.54, 1.807) is 6.07 Å². The van der Waals surface area contributed by atoms with Crippen LogP contribution in [0, 0.1) is 0 Å². The van der Waals surface area contributed by atoms with Gasteiger partial charge in [-0.15, -0.1) is 0 Å². The largest absolute Gasteiger partial charge is 0.431 e. The minimum Gasteiger partial charge on any atom is -0.369 e. The second kappa shape index (κ2) is 6.06. The minimum atomic E-state index is -6.00. The fourth-order valence-corrected chi connectivity index (χ4v) is 2.64. The van der Waals surface area contributed by atoms with Gasteiger partial charge in [0.2, 0.25) is 0 Å². The van der Waals surface area contributed by atoms with Gasteiger partial charge in [-0.2, -0.15) is 26.3 Å². The van der Waals surface area contributed by atoms with E-state index < -0.39 is 33.9 Å². The van der Waals surface area contributed by atoms with Crippen molar-refractivity contribution in [3.63, 3.8) is 0 Å². The molecule has 2 N–H and O–H groups in total. The molecule has 4 nitrogen and oxygen atoms in total. The summed E-state index contributed by atoms with van der Waals surface area (Å²) in [6.45, 7) is 0. The first kappa shape index (κ1) is 18.2. The Kier molecular flexibility index (Phi) is 4.59. The maximum atomic E-state index is 12.7. The van der Waals surface area contributed by atoms with Crippen LogP contribution in [0.2, 0.25) is 0 Å². The van der Waals surface area contributed by atoms with Crippen molar-refractivity contribution in [3.05, 3.63) is 47.0 Å². The number of hydrogen-bond acceptors (Lipinski definition) is 4. The Balaban J connectivity index is 2.31. The number of thiazole rings is 1. The van der Waals surface area contributed by atoms with E-state index in [4.69, 9.17) is 0 Å². The SMILES string of the molecule is O=C(Nc1ncc(C(O)(C(F)(F)F)C(F)(F)F)s1)c1ccccc1. The summed E-state index contributed by atoms with van der Waals surface area (Å²) in [4.78, 5) is 13.6. The van der Waals surface area contributed by atoms with E-state index in [-0.39, 0.29) is 23.1 Å². The summed E-state index contributed by atoms with van der Waals surface area (Å²) in [5, 5.41) is 10.8. The number of carbonyl (C=O) groups is 1. The Hall–Kier alpha value is -2.14. The van der Waals surface area contributed by atoms with Gasteiger partial charge in [0.1, 0.15) is 0 Å². The Morgan fingerprint density at radius 3 is 2.08 bits per heavy atom. The lowest BCUT2D eigenvalue weighted by Crippen LogP contribution is -2.53. The highest BCUT2D eigenvalue weighted by Gasteiger charge is 2.72. The number of hydrogen-bond donors (Lipinski definition) is 2. The smallest absolute Gasteiger partial charge is 0.369 e. The van der Waals surface area contributed by atoms with Crippen molar-refractivity contribution < 1.29 is 36.2 Å². The molecule has 1 heterocycles. The number of aliphatic hydroxyl groups is 1. The first-order valence-corrected chi connectivity index (χ1v) is 6.97. The van der Waals surface area contributed by atoms with Crippen LogP contribution < -0.4 is 5.32 Å². The van der Waals surface area contributed by atoms with E-state index in [0.29, 0.717) is 0 Å². The molecule has 0 fully saturated rings. The summed E-state index contributed by atoms with van der Waals surface area (Å²) in [6, 6.07) is 7.45. The van der Waals surface area contributed by atoms with E-state index in [0.717, 1.165) is 0 Å². The number of benzene rings is 1. The number of nitrogens with zero attached hydrogens (tertiary/aromatic N) is 1. The highest BCUT2D eigenvalue weighted by atomic mass is 32.1. The van der Waals surface area contributed by atoms with Crippen LogP contribution in [-0.2, 0) is 5.60 Å². The molecule has 0 aliphatic carbocycles. The Morgan fingerprint density at radius 2 is 1.58 bits per heavy atom. The van der Waals surface area contributed by atoms with Crippen molar-refractivity contribution in [3.8, 4) is 0 Å². The summed E-state index contributed by atoms with van der Waals surface area (Å²) >= 11 is -0.116. The maximum Gasteiger partial charge on any atom is 0.431 e. The topological polar surface area (TPSA) is 62.2 Å². The molecule has 0 atom stereocenters. The number of nitrogens with one attached hydrogen (secondary N) is 1. The second-order valence-corrected chi connectivity index (χ2v) is 5.59. The molecule has 0 saturated heterocycles. The summed E-state index contributed by atoms with van der Waals surface area (Å²) in [5.74, 6) is -0.765. The van der Waals surface area contributed by atoms with Crippen molar-refractivity contribution in [2.45, 2.75) is 18.0 Å². The molecule has 0 aliphatic heterocycles. The molecule has 0 aliphatic rings. The van der Waals surface area contributed by atoms with Gasteiger partial charge in [-0.25, -0.2) is 4.98 Å². The van der Waals surface area contributed by atoms with Crippen LogP contribution in [0.1, 0.15) is 15.2 Å². The zero-order valence-corrected chi connectivity index (χ0v) is 12.3. The van der Waals surface area contributed by atoms with Crippen LogP contribution in [0.4, 0.5) is 31.5 Å². The highest BCUT2D eigenvalue weighted by molar-refractivity contribution is 7.15. The number of alkyl halides is 6. The van der Waals surface area contributed by atoms with Gasteiger partial charge in [0.25, 0.3) is 11.5 Å². The normalized spacial score (nSPS) is 13.0. The molecule has 1 amide bonds. The lowest BCUT2D eigenvalue weighted by atomic mass is 10.0. The number of aromatic nitrogens is 1. The molecule has 2 aromatic rings. The Bertz CT molecular complexity index is 712. The maximum absolute atomic E-state index is 12.7. The third kappa shape index (κ3) is 3.22. The summed E-state index contributed by atoms with van der Waals surface area (Å²) in [7, 11) is 0. The Morgan fingerprint density at radius 1 is 1.04 bits per heavy atom. The molecule has 0 unspecified atom stereocenters. The van der Waals surface area contributed by atoms with Gasteiger partial charge in [-0.05, 0) is 12.1 Å². The Labute approximate surface area is 134 Å².